The van der Waals surface area contributed by atoms with Crippen molar-refractivity contribution < 1.29 is 24.1 Å². The minimum Gasteiger partial charge on any atom is -0.326 e. The molecule has 0 radical (unpaired) electrons. The number of rotatable bonds is 7. The molecule has 12 heteroatoms. The van der Waals surface area contributed by atoms with Crippen LogP contribution in [0.1, 0.15) is 29.3 Å². The number of pyridine rings is 1. The molecule has 37 heavy (non-hydrogen) atoms. The first-order valence-electron chi connectivity index (χ1n) is 11.0. The molecule has 1 aliphatic rings. The van der Waals surface area contributed by atoms with E-state index in [-0.39, 0.29) is 35.1 Å². The molecule has 1 N–H and O–H groups in total. The lowest BCUT2D eigenvalue weighted by molar-refractivity contribution is -0.384. The molecule has 1 aromatic heterocycles. The number of benzene rings is 2. The van der Waals surface area contributed by atoms with Crippen molar-refractivity contribution in [1.82, 2.24) is 9.88 Å². The maximum atomic E-state index is 13.6. The van der Waals surface area contributed by atoms with Crippen LogP contribution in [0.4, 0.5) is 17.1 Å². The lowest BCUT2D eigenvalue weighted by Gasteiger charge is -2.28. The topological polar surface area (TPSA) is 143 Å². The van der Waals surface area contributed by atoms with Crippen LogP contribution in [-0.4, -0.2) is 44.5 Å². The second kappa shape index (κ2) is 10.5. The molecule has 1 atom stereocenters. The number of imide groups is 1. The van der Waals surface area contributed by atoms with Gasteiger partial charge in [-0.05, 0) is 48.0 Å². The molecule has 1 aliphatic heterocycles. The van der Waals surface area contributed by atoms with Crippen molar-refractivity contribution in [3.05, 3.63) is 93.3 Å². The van der Waals surface area contributed by atoms with Gasteiger partial charge in [0.25, 0.3) is 17.5 Å². The SMILES string of the molecule is CC(=O)Nc1ccc(N2C(=O)CC(N(Cc3cccnc3)C(=O)c3ccc(Cl)c([N+](=O)[O-])c3)C2=O)cc1. The number of carbonyl (C=O) groups excluding carboxylic acids is 4. The van der Waals surface area contributed by atoms with E-state index in [4.69, 9.17) is 11.6 Å². The van der Waals surface area contributed by atoms with Crippen molar-refractivity contribution in [2.75, 3.05) is 10.2 Å². The Morgan fingerprint density at radius 2 is 1.92 bits per heavy atom. The Balaban J connectivity index is 1.68. The van der Waals surface area contributed by atoms with Crippen molar-refractivity contribution in [1.29, 1.82) is 0 Å². The van der Waals surface area contributed by atoms with E-state index in [2.05, 4.69) is 10.3 Å². The summed E-state index contributed by atoms with van der Waals surface area (Å²) in [7, 11) is 0. The van der Waals surface area contributed by atoms with Gasteiger partial charge in [0, 0.05) is 43.2 Å². The average Bonchev–Trinajstić information content (AvgIpc) is 3.16. The smallest absolute Gasteiger partial charge is 0.288 e. The van der Waals surface area contributed by atoms with Gasteiger partial charge in [0.15, 0.2) is 0 Å². The summed E-state index contributed by atoms with van der Waals surface area (Å²) in [5.41, 5.74) is 0.853. The lowest BCUT2D eigenvalue weighted by Crippen LogP contribution is -2.45. The average molecular weight is 522 g/mol. The van der Waals surface area contributed by atoms with Crippen molar-refractivity contribution in [2.45, 2.75) is 25.9 Å². The minimum absolute atomic E-state index is 0.0571. The van der Waals surface area contributed by atoms with Gasteiger partial charge < -0.3 is 10.2 Å². The fraction of sp³-hybridized carbons (Fsp3) is 0.160. The van der Waals surface area contributed by atoms with Crippen LogP contribution in [0.3, 0.4) is 0 Å². The third-order valence-corrected chi connectivity index (χ3v) is 5.99. The highest BCUT2D eigenvalue weighted by Gasteiger charge is 2.44. The van der Waals surface area contributed by atoms with Crippen LogP contribution in [0, 0.1) is 10.1 Å². The van der Waals surface area contributed by atoms with Gasteiger partial charge >= 0.3 is 0 Å². The van der Waals surface area contributed by atoms with Gasteiger partial charge in [-0.15, -0.1) is 0 Å². The van der Waals surface area contributed by atoms with E-state index in [1.54, 1.807) is 30.5 Å². The molecule has 188 valence electrons. The summed E-state index contributed by atoms with van der Waals surface area (Å²) in [5, 5.41) is 13.8. The number of amides is 4. The summed E-state index contributed by atoms with van der Waals surface area (Å²) >= 11 is 5.90. The first-order valence-corrected chi connectivity index (χ1v) is 11.4. The number of anilines is 2. The minimum atomic E-state index is -1.16. The van der Waals surface area contributed by atoms with Crippen LogP contribution >= 0.6 is 11.6 Å². The molecular weight excluding hydrogens is 502 g/mol. The lowest BCUT2D eigenvalue weighted by atomic mass is 10.1. The summed E-state index contributed by atoms with van der Waals surface area (Å²) in [6.07, 6.45) is 2.78. The molecule has 2 heterocycles. The fourth-order valence-corrected chi connectivity index (χ4v) is 4.18. The van der Waals surface area contributed by atoms with E-state index in [1.165, 1.54) is 42.3 Å². The standard InChI is InChI=1S/C25H20ClN5O6/c1-15(32)28-18-5-7-19(8-6-18)30-23(33)12-22(25(30)35)29(14-16-3-2-10-27-13-16)24(34)17-4-9-20(26)21(11-17)31(36)37/h2-11,13,22H,12,14H2,1H3,(H,28,32). The van der Waals surface area contributed by atoms with E-state index >= 15 is 0 Å². The number of halogens is 1. The number of nitro benzene ring substituents is 1. The molecular formula is C25H20ClN5O6. The van der Waals surface area contributed by atoms with Crippen LogP contribution in [-0.2, 0) is 20.9 Å². The Morgan fingerprint density at radius 3 is 2.54 bits per heavy atom. The molecule has 2 aromatic carbocycles. The van der Waals surface area contributed by atoms with Gasteiger partial charge in [0.1, 0.15) is 11.1 Å². The molecule has 0 spiro atoms. The second-order valence-corrected chi connectivity index (χ2v) is 8.64. The van der Waals surface area contributed by atoms with Gasteiger partial charge in [-0.25, -0.2) is 4.90 Å². The summed E-state index contributed by atoms with van der Waals surface area (Å²) in [6, 6.07) is 11.9. The first kappa shape index (κ1) is 25.5. The zero-order valence-corrected chi connectivity index (χ0v) is 20.2. The first-order chi connectivity index (χ1) is 17.7. The van der Waals surface area contributed by atoms with Crippen LogP contribution in [0.2, 0.25) is 5.02 Å². The third kappa shape index (κ3) is 5.46. The van der Waals surface area contributed by atoms with E-state index in [0.717, 1.165) is 11.0 Å². The Bertz CT molecular complexity index is 1400. The molecule has 0 bridgehead atoms. The van der Waals surface area contributed by atoms with Gasteiger partial charge in [0.2, 0.25) is 11.8 Å². The normalized spacial score (nSPS) is 15.0. The van der Waals surface area contributed by atoms with Crippen molar-refractivity contribution in [3.8, 4) is 0 Å². The van der Waals surface area contributed by atoms with E-state index < -0.39 is 34.4 Å². The van der Waals surface area contributed by atoms with E-state index in [0.29, 0.717) is 11.3 Å². The summed E-state index contributed by atoms with van der Waals surface area (Å²) in [6.45, 7) is 1.29. The molecule has 1 saturated heterocycles. The summed E-state index contributed by atoms with van der Waals surface area (Å²) in [5.74, 6) is -2.10. The van der Waals surface area contributed by atoms with E-state index in [1.807, 2.05) is 0 Å². The molecule has 3 aromatic rings. The molecule has 0 aliphatic carbocycles. The van der Waals surface area contributed by atoms with Gasteiger partial charge in [0.05, 0.1) is 17.0 Å². The molecule has 1 unspecified atom stereocenters. The zero-order valence-electron chi connectivity index (χ0n) is 19.5. The number of carbonyl (C=O) groups is 4. The van der Waals surface area contributed by atoms with Crippen LogP contribution < -0.4 is 10.2 Å². The Morgan fingerprint density at radius 1 is 1.19 bits per heavy atom. The molecule has 4 rings (SSSR count). The molecule has 1 fully saturated rings. The number of nitro groups is 1. The Kier molecular flexibility index (Phi) is 7.25. The predicted octanol–water partition coefficient (Wildman–Crippen LogP) is 3.58. The van der Waals surface area contributed by atoms with Crippen LogP contribution in [0.25, 0.3) is 0 Å². The third-order valence-electron chi connectivity index (χ3n) is 5.67. The second-order valence-electron chi connectivity index (χ2n) is 8.23. The maximum Gasteiger partial charge on any atom is 0.288 e. The highest BCUT2D eigenvalue weighted by Crippen LogP contribution is 2.30. The number of hydrogen-bond acceptors (Lipinski definition) is 7. The fourth-order valence-electron chi connectivity index (χ4n) is 3.99. The summed E-state index contributed by atoms with van der Waals surface area (Å²) in [4.78, 5) is 68.1. The van der Waals surface area contributed by atoms with Gasteiger partial charge in [-0.3, -0.25) is 34.3 Å². The number of aromatic nitrogens is 1. The summed E-state index contributed by atoms with van der Waals surface area (Å²) < 4.78 is 0. The molecule has 11 nitrogen and oxygen atoms in total. The highest BCUT2D eigenvalue weighted by atomic mass is 35.5. The number of nitrogens with one attached hydrogen (secondary N) is 1. The van der Waals surface area contributed by atoms with Gasteiger partial charge in [-0.1, -0.05) is 17.7 Å². The van der Waals surface area contributed by atoms with Crippen LogP contribution in [0.15, 0.2) is 67.0 Å². The van der Waals surface area contributed by atoms with Crippen LogP contribution in [0.5, 0.6) is 0 Å². The van der Waals surface area contributed by atoms with Crippen molar-refractivity contribution in [2.24, 2.45) is 0 Å². The van der Waals surface area contributed by atoms with Crippen molar-refractivity contribution >= 4 is 52.3 Å². The van der Waals surface area contributed by atoms with E-state index in [9.17, 15) is 29.3 Å². The maximum absolute atomic E-state index is 13.6. The Hall–Kier alpha value is -4.64. The Labute approximate surface area is 215 Å². The number of nitrogens with zero attached hydrogens (tertiary/aromatic N) is 4. The molecule has 4 amide bonds. The number of hydrogen-bond donors (Lipinski definition) is 1. The quantitative estimate of drug-likeness (QED) is 0.284. The predicted molar refractivity (Wildman–Crippen MR) is 134 cm³/mol. The highest BCUT2D eigenvalue weighted by molar-refractivity contribution is 6.32. The largest absolute Gasteiger partial charge is 0.326 e. The zero-order chi connectivity index (χ0) is 26.7. The monoisotopic (exact) mass is 521 g/mol. The molecule has 0 saturated carbocycles. The van der Waals surface area contributed by atoms with Crippen molar-refractivity contribution in [3.63, 3.8) is 0 Å². The van der Waals surface area contributed by atoms with Gasteiger partial charge in [-0.2, -0.15) is 0 Å².